The van der Waals surface area contributed by atoms with E-state index in [0.717, 1.165) is 0 Å². The Bertz CT molecular complexity index is 455. The summed E-state index contributed by atoms with van der Waals surface area (Å²) in [5.74, 6) is -3.83. The minimum Gasteiger partial charge on any atom is -0.383 e. The number of carbonyl (C=O) groups excluding carboxylic acids is 1. The number of halogens is 3. The van der Waals surface area contributed by atoms with Crippen LogP contribution < -0.4 is 10.6 Å². The van der Waals surface area contributed by atoms with Crippen LogP contribution in [0.4, 0.5) is 18.9 Å². The number of amides is 1. The number of methoxy groups -OCH3 is 1. The maximum Gasteiger partial charge on any atom is 0.239 e. The number of hydrogen-bond acceptors (Lipinski definition) is 3. The summed E-state index contributed by atoms with van der Waals surface area (Å²) < 4.78 is 43.6. The highest BCUT2D eigenvalue weighted by Gasteiger charge is 2.11. The van der Waals surface area contributed by atoms with Crippen LogP contribution in [0.25, 0.3) is 0 Å². The summed E-state index contributed by atoms with van der Waals surface area (Å²) in [5, 5.41) is 4.97. The van der Waals surface area contributed by atoms with Gasteiger partial charge in [0, 0.05) is 25.3 Å². The van der Waals surface area contributed by atoms with E-state index in [2.05, 4.69) is 10.6 Å². The van der Waals surface area contributed by atoms with E-state index >= 15 is 0 Å². The number of rotatable bonds is 6. The molecule has 0 saturated carbocycles. The Hall–Kier alpha value is -1.76. The molecule has 0 bridgehead atoms. The van der Waals surface area contributed by atoms with Crippen LogP contribution in [0, 0.1) is 17.5 Å². The molecule has 1 aromatic carbocycles. The van der Waals surface area contributed by atoms with Gasteiger partial charge >= 0.3 is 0 Å². The van der Waals surface area contributed by atoms with E-state index in [-0.39, 0.29) is 18.3 Å². The SMILES string of the molecule is COCC(C)NC(=O)CNc1cc(F)c(F)cc1F. The van der Waals surface area contributed by atoms with Gasteiger partial charge in [0.25, 0.3) is 0 Å². The molecular weight excluding hydrogens is 261 g/mol. The number of ether oxygens (including phenoxy) is 1. The number of nitrogens with one attached hydrogen (secondary N) is 2. The molecule has 1 amide bonds. The molecule has 0 fully saturated rings. The van der Waals surface area contributed by atoms with E-state index < -0.39 is 23.4 Å². The van der Waals surface area contributed by atoms with E-state index in [9.17, 15) is 18.0 Å². The van der Waals surface area contributed by atoms with Crippen molar-refractivity contribution >= 4 is 11.6 Å². The minimum absolute atomic E-state index is 0.200. The maximum atomic E-state index is 13.2. The number of benzene rings is 1. The van der Waals surface area contributed by atoms with Crippen molar-refractivity contribution < 1.29 is 22.7 Å². The highest BCUT2D eigenvalue weighted by Crippen LogP contribution is 2.17. The molecule has 0 spiro atoms. The second-order valence-electron chi connectivity index (χ2n) is 4.02. The van der Waals surface area contributed by atoms with Gasteiger partial charge in [0.05, 0.1) is 18.8 Å². The summed E-state index contributed by atoms with van der Waals surface area (Å²) in [5.41, 5.74) is -0.270. The fraction of sp³-hybridized carbons (Fsp3) is 0.417. The molecule has 106 valence electrons. The Morgan fingerprint density at radius 3 is 2.53 bits per heavy atom. The third-order valence-corrected chi connectivity index (χ3v) is 2.27. The number of carbonyl (C=O) groups is 1. The van der Waals surface area contributed by atoms with Gasteiger partial charge in [-0.15, -0.1) is 0 Å². The average molecular weight is 276 g/mol. The van der Waals surface area contributed by atoms with Crippen molar-refractivity contribution in [2.45, 2.75) is 13.0 Å². The van der Waals surface area contributed by atoms with Gasteiger partial charge in [-0.05, 0) is 6.92 Å². The zero-order chi connectivity index (χ0) is 14.4. The standard InChI is InChI=1S/C12H15F3N2O2/c1-7(6-19-2)17-12(18)5-16-11-4-9(14)8(13)3-10(11)15/h3-4,7,16H,5-6H2,1-2H3,(H,17,18). The molecule has 0 saturated heterocycles. The molecule has 1 aromatic rings. The molecule has 0 aliphatic carbocycles. The summed E-state index contributed by atoms with van der Waals surface area (Å²) >= 11 is 0. The molecule has 1 atom stereocenters. The first-order valence-corrected chi connectivity index (χ1v) is 5.60. The normalized spacial score (nSPS) is 12.1. The van der Waals surface area contributed by atoms with Crippen LogP contribution in [0.5, 0.6) is 0 Å². The first-order valence-electron chi connectivity index (χ1n) is 5.60. The van der Waals surface area contributed by atoms with Gasteiger partial charge in [0.2, 0.25) is 5.91 Å². The van der Waals surface area contributed by atoms with Crippen molar-refractivity contribution in [2.75, 3.05) is 25.6 Å². The van der Waals surface area contributed by atoms with Crippen LogP contribution in [0.15, 0.2) is 12.1 Å². The van der Waals surface area contributed by atoms with Gasteiger partial charge in [-0.25, -0.2) is 13.2 Å². The lowest BCUT2D eigenvalue weighted by molar-refractivity contribution is -0.120. The van der Waals surface area contributed by atoms with Crippen molar-refractivity contribution in [2.24, 2.45) is 0 Å². The molecule has 0 heterocycles. The highest BCUT2D eigenvalue weighted by atomic mass is 19.2. The average Bonchev–Trinajstić information content (AvgIpc) is 2.32. The molecular formula is C12H15F3N2O2. The Kier molecular flexibility index (Phi) is 5.62. The Morgan fingerprint density at radius 2 is 1.89 bits per heavy atom. The molecule has 4 nitrogen and oxygen atoms in total. The van der Waals surface area contributed by atoms with Crippen LogP contribution >= 0.6 is 0 Å². The van der Waals surface area contributed by atoms with Gasteiger partial charge in [-0.3, -0.25) is 4.79 Å². The van der Waals surface area contributed by atoms with Crippen LogP contribution in [-0.2, 0) is 9.53 Å². The zero-order valence-electron chi connectivity index (χ0n) is 10.6. The molecule has 1 unspecified atom stereocenters. The maximum absolute atomic E-state index is 13.2. The Balaban J connectivity index is 2.53. The largest absolute Gasteiger partial charge is 0.383 e. The van der Waals surface area contributed by atoms with E-state index in [4.69, 9.17) is 4.74 Å². The van der Waals surface area contributed by atoms with Crippen molar-refractivity contribution in [3.63, 3.8) is 0 Å². The predicted octanol–water partition coefficient (Wildman–Crippen LogP) is 1.67. The van der Waals surface area contributed by atoms with Crippen molar-refractivity contribution in [3.8, 4) is 0 Å². The molecule has 0 aromatic heterocycles. The second-order valence-corrected chi connectivity index (χ2v) is 4.02. The lowest BCUT2D eigenvalue weighted by Gasteiger charge is -2.13. The predicted molar refractivity (Wildman–Crippen MR) is 64.3 cm³/mol. The third-order valence-electron chi connectivity index (χ3n) is 2.27. The Morgan fingerprint density at radius 1 is 1.26 bits per heavy atom. The van der Waals surface area contributed by atoms with Crippen LogP contribution in [0.1, 0.15) is 6.92 Å². The zero-order valence-corrected chi connectivity index (χ0v) is 10.6. The van der Waals surface area contributed by atoms with Crippen molar-refractivity contribution in [1.29, 1.82) is 0 Å². The molecule has 1 rings (SSSR count). The van der Waals surface area contributed by atoms with Gasteiger partial charge in [-0.1, -0.05) is 0 Å². The van der Waals surface area contributed by atoms with Crippen molar-refractivity contribution in [1.82, 2.24) is 5.32 Å². The fourth-order valence-corrected chi connectivity index (χ4v) is 1.45. The first-order chi connectivity index (χ1) is 8.93. The van der Waals surface area contributed by atoms with E-state index in [0.29, 0.717) is 18.7 Å². The van der Waals surface area contributed by atoms with Gasteiger partial charge in [0.15, 0.2) is 11.6 Å². The Labute approximate surface area is 108 Å². The minimum atomic E-state index is -1.28. The van der Waals surface area contributed by atoms with Crippen LogP contribution in [0.3, 0.4) is 0 Å². The first kappa shape index (κ1) is 15.3. The quantitative estimate of drug-likeness (QED) is 0.777. The van der Waals surface area contributed by atoms with Crippen LogP contribution in [0.2, 0.25) is 0 Å². The summed E-state index contributed by atoms with van der Waals surface area (Å²) in [6.45, 7) is 1.82. The van der Waals surface area contributed by atoms with E-state index in [1.54, 1.807) is 6.92 Å². The fourth-order valence-electron chi connectivity index (χ4n) is 1.45. The monoisotopic (exact) mass is 276 g/mol. The van der Waals surface area contributed by atoms with Crippen LogP contribution in [-0.4, -0.2) is 32.2 Å². The summed E-state index contributed by atoms with van der Waals surface area (Å²) in [7, 11) is 1.50. The van der Waals surface area contributed by atoms with E-state index in [1.165, 1.54) is 7.11 Å². The number of hydrogen-bond donors (Lipinski definition) is 2. The summed E-state index contributed by atoms with van der Waals surface area (Å²) in [4.78, 5) is 11.4. The molecule has 7 heteroatoms. The molecule has 0 aliphatic rings. The molecule has 0 radical (unpaired) electrons. The van der Waals surface area contributed by atoms with Gasteiger partial charge in [0.1, 0.15) is 5.82 Å². The lowest BCUT2D eigenvalue weighted by Crippen LogP contribution is -2.39. The van der Waals surface area contributed by atoms with Gasteiger partial charge in [-0.2, -0.15) is 0 Å². The summed E-state index contributed by atoms with van der Waals surface area (Å²) in [6, 6.07) is 0.883. The molecule has 19 heavy (non-hydrogen) atoms. The highest BCUT2D eigenvalue weighted by molar-refractivity contribution is 5.80. The smallest absolute Gasteiger partial charge is 0.239 e. The lowest BCUT2D eigenvalue weighted by atomic mass is 10.2. The molecule has 2 N–H and O–H groups in total. The van der Waals surface area contributed by atoms with Gasteiger partial charge < -0.3 is 15.4 Å². The molecule has 0 aliphatic heterocycles. The van der Waals surface area contributed by atoms with Crippen molar-refractivity contribution in [3.05, 3.63) is 29.6 Å². The van der Waals surface area contributed by atoms with E-state index in [1.807, 2.05) is 0 Å². The second kappa shape index (κ2) is 6.98. The number of anilines is 1. The topological polar surface area (TPSA) is 50.4 Å². The summed E-state index contributed by atoms with van der Waals surface area (Å²) in [6.07, 6.45) is 0. The third kappa shape index (κ3) is 4.78.